The molecule has 1 N–H and O–H groups in total. The summed E-state index contributed by atoms with van der Waals surface area (Å²) in [6, 6.07) is 6.99. The summed E-state index contributed by atoms with van der Waals surface area (Å²) in [4.78, 5) is 32.2. The van der Waals surface area contributed by atoms with E-state index in [1.165, 1.54) is 0 Å². The van der Waals surface area contributed by atoms with Crippen LogP contribution in [-0.4, -0.2) is 60.4 Å². The van der Waals surface area contributed by atoms with Gasteiger partial charge in [-0.15, -0.1) is 0 Å². The number of aryl methyl sites for hydroxylation is 2. The first-order valence-electron chi connectivity index (χ1n) is 9.63. The molecule has 0 fully saturated rings. The van der Waals surface area contributed by atoms with E-state index in [2.05, 4.69) is 15.1 Å². The Balaban J connectivity index is 0.000000383. The summed E-state index contributed by atoms with van der Waals surface area (Å²) >= 11 is 0. The van der Waals surface area contributed by atoms with E-state index >= 15 is 0 Å². The molecule has 0 aliphatic carbocycles. The lowest BCUT2D eigenvalue weighted by Gasteiger charge is -2.34. The van der Waals surface area contributed by atoms with Gasteiger partial charge in [0.15, 0.2) is 5.69 Å². The zero-order valence-corrected chi connectivity index (χ0v) is 17.6. The van der Waals surface area contributed by atoms with Crippen molar-refractivity contribution >= 4 is 11.9 Å². The zero-order chi connectivity index (χ0) is 24.2. The maximum atomic E-state index is 12.9. The Morgan fingerprint density at radius 3 is 2.61 bits per heavy atom. The third kappa shape index (κ3) is 5.87. The molecule has 1 amide bonds. The van der Waals surface area contributed by atoms with Gasteiger partial charge in [-0.2, -0.15) is 13.2 Å². The van der Waals surface area contributed by atoms with Gasteiger partial charge in [0.1, 0.15) is 12.4 Å². The number of hydrogen-bond acceptors (Lipinski definition) is 7. The van der Waals surface area contributed by atoms with Gasteiger partial charge in [0.2, 0.25) is 5.88 Å². The summed E-state index contributed by atoms with van der Waals surface area (Å²) in [6.07, 6.45) is -0.979. The Morgan fingerprint density at radius 2 is 2.03 bits per heavy atom. The summed E-state index contributed by atoms with van der Waals surface area (Å²) in [7, 11) is 1.96. The number of carbonyl (C=O) groups is 2. The van der Waals surface area contributed by atoms with Crippen molar-refractivity contribution < 1.29 is 37.1 Å². The zero-order valence-electron chi connectivity index (χ0n) is 17.6. The first kappa shape index (κ1) is 23.8. The summed E-state index contributed by atoms with van der Waals surface area (Å²) in [6.45, 7) is 2.51. The Bertz CT molecular complexity index is 1110. The summed E-state index contributed by atoms with van der Waals surface area (Å²) in [5.74, 6) is -1.81. The lowest BCUT2D eigenvalue weighted by Crippen LogP contribution is -2.47. The maximum Gasteiger partial charge on any atom is 0.490 e. The number of hydrogen-bond donors (Lipinski definition) is 1. The normalized spacial score (nSPS) is 15.3. The molecule has 1 unspecified atom stereocenters. The molecule has 0 saturated heterocycles. The Labute approximate surface area is 185 Å². The fourth-order valence-corrected chi connectivity index (χ4v) is 3.14. The van der Waals surface area contributed by atoms with Gasteiger partial charge in [-0.1, -0.05) is 11.2 Å². The van der Waals surface area contributed by atoms with E-state index in [9.17, 15) is 18.0 Å². The molecule has 4 rings (SSSR count). The minimum absolute atomic E-state index is 0.149. The van der Waals surface area contributed by atoms with Crippen LogP contribution in [0.1, 0.15) is 27.6 Å². The number of halogens is 3. The second-order valence-electron chi connectivity index (χ2n) is 7.14. The minimum Gasteiger partial charge on any atom is -0.475 e. The SMILES string of the molecule is Cc1cc(C(=O)N2Cc3ncn(C)c3CC2COc2ccccn2)no1.O=C(O)C(F)(F)F. The molecule has 0 radical (unpaired) electrons. The molecule has 176 valence electrons. The molecule has 1 aliphatic rings. The number of fused-ring (bicyclic) bond motifs is 1. The number of imidazole rings is 1. The first-order chi connectivity index (χ1) is 15.6. The van der Waals surface area contributed by atoms with E-state index in [-0.39, 0.29) is 11.9 Å². The Hall–Kier alpha value is -3.90. The highest BCUT2D eigenvalue weighted by Gasteiger charge is 2.38. The number of aliphatic carboxylic acids is 1. The van der Waals surface area contributed by atoms with E-state index < -0.39 is 12.1 Å². The summed E-state index contributed by atoms with van der Waals surface area (Å²) < 4.78 is 44.6. The third-order valence-electron chi connectivity index (χ3n) is 4.75. The molecule has 0 aromatic carbocycles. The van der Waals surface area contributed by atoms with Crippen LogP contribution < -0.4 is 4.74 Å². The van der Waals surface area contributed by atoms with E-state index in [0.717, 1.165) is 11.4 Å². The largest absolute Gasteiger partial charge is 0.490 e. The van der Waals surface area contributed by atoms with Crippen molar-refractivity contribution in [2.75, 3.05) is 6.61 Å². The molecule has 10 nitrogen and oxygen atoms in total. The Kier molecular flexibility index (Phi) is 6.99. The van der Waals surface area contributed by atoms with Crippen molar-refractivity contribution in [1.82, 2.24) is 24.6 Å². The molecule has 4 heterocycles. The van der Waals surface area contributed by atoms with Crippen LogP contribution in [0.5, 0.6) is 5.88 Å². The van der Waals surface area contributed by atoms with E-state index in [1.54, 1.807) is 36.5 Å². The van der Waals surface area contributed by atoms with Gasteiger partial charge in [-0.25, -0.2) is 14.8 Å². The molecule has 1 aliphatic heterocycles. The first-order valence-corrected chi connectivity index (χ1v) is 9.63. The number of amides is 1. The minimum atomic E-state index is -5.08. The average Bonchev–Trinajstić information content (AvgIpc) is 3.37. The van der Waals surface area contributed by atoms with Gasteiger partial charge in [-0.05, 0) is 13.0 Å². The summed E-state index contributed by atoms with van der Waals surface area (Å²) in [5.41, 5.74) is 2.31. The second-order valence-corrected chi connectivity index (χ2v) is 7.14. The smallest absolute Gasteiger partial charge is 0.475 e. The molecular formula is C20H20F3N5O5. The van der Waals surface area contributed by atoms with Gasteiger partial charge in [0.05, 0.1) is 24.6 Å². The van der Waals surface area contributed by atoms with Crippen molar-refractivity contribution in [3.63, 3.8) is 0 Å². The number of rotatable bonds is 4. The molecule has 33 heavy (non-hydrogen) atoms. The van der Waals surface area contributed by atoms with Gasteiger partial charge in [-0.3, -0.25) is 4.79 Å². The standard InChI is InChI=1S/C18H19N5O3.C2HF3O2/c1-12-7-14(21-26-12)18(24)23-9-15-16(22(2)11-20-15)8-13(23)10-25-17-5-3-4-6-19-17;3-2(4,5)1(6)7/h3-7,11,13H,8-10H2,1-2H3;(H,6,7). The predicted octanol–water partition coefficient (Wildman–Crippen LogP) is 2.39. The molecule has 0 spiro atoms. The molecule has 0 bridgehead atoms. The van der Waals surface area contributed by atoms with E-state index in [4.69, 9.17) is 19.2 Å². The molecule has 3 aromatic rings. The van der Waals surface area contributed by atoms with Gasteiger partial charge >= 0.3 is 12.1 Å². The lowest BCUT2D eigenvalue weighted by molar-refractivity contribution is -0.192. The second kappa shape index (κ2) is 9.71. The van der Waals surface area contributed by atoms with Crippen molar-refractivity contribution in [3.8, 4) is 5.88 Å². The van der Waals surface area contributed by atoms with Gasteiger partial charge in [0, 0.05) is 37.5 Å². The summed E-state index contributed by atoms with van der Waals surface area (Å²) in [5, 5.41) is 11.0. The number of pyridine rings is 1. The van der Waals surface area contributed by atoms with Gasteiger partial charge in [0.25, 0.3) is 5.91 Å². The Morgan fingerprint density at radius 1 is 1.30 bits per heavy atom. The van der Waals surface area contributed by atoms with E-state index in [1.807, 2.05) is 23.7 Å². The van der Waals surface area contributed by atoms with Crippen LogP contribution in [0.2, 0.25) is 0 Å². The fourth-order valence-electron chi connectivity index (χ4n) is 3.14. The monoisotopic (exact) mass is 467 g/mol. The molecule has 1 atom stereocenters. The molecular weight excluding hydrogens is 447 g/mol. The van der Waals surface area contributed by atoms with Crippen LogP contribution in [0.15, 0.2) is 41.3 Å². The fraction of sp³-hybridized carbons (Fsp3) is 0.350. The number of alkyl halides is 3. The van der Waals surface area contributed by atoms with Crippen LogP contribution in [-0.2, 0) is 24.8 Å². The number of nitrogens with zero attached hydrogens (tertiary/aromatic N) is 5. The van der Waals surface area contributed by atoms with Crippen molar-refractivity contribution in [3.05, 3.63) is 59.6 Å². The van der Waals surface area contributed by atoms with Crippen molar-refractivity contribution in [2.45, 2.75) is 32.1 Å². The van der Waals surface area contributed by atoms with Crippen molar-refractivity contribution in [2.24, 2.45) is 7.05 Å². The molecule has 0 saturated carbocycles. The molecule has 3 aromatic heterocycles. The number of aromatic nitrogens is 4. The number of ether oxygens (including phenoxy) is 1. The van der Waals surface area contributed by atoms with Crippen LogP contribution in [0.3, 0.4) is 0 Å². The number of carbonyl (C=O) groups excluding carboxylic acids is 1. The quantitative estimate of drug-likeness (QED) is 0.621. The van der Waals surface area contributed by atoms with Gasteiger partial charge < -0.3 is 23.8 Å². The topological polar surface area (TPSA) is 124 Å². The molecule has 13 heteroatoms. The maximum absolute atomic E-state index is 12.9. The van der Waals surface area contributed by atoms with E-state index in [0.29, 0.717) is 36.9 Å². The van der Waals surface area contributed by atoms with Crippen molar-refractivity contribution in [1.29, 1.82) is 0 Å². The van der Waals surface area contributed by atoms with Crippen LogP contribution >= 0.6 is 0 Å². The van der Waals surface area contributed by atoms with Crippen LogP contribution in [0, 0.1) is 6.92 Å². The highest BCUT2D eigenvalue weighted by molar-refractivity contribution is 5.92. The van der Waals surface area contributed by atoms with Crippen LogP contribution in [0.4, 0.5) is 13.2 Å². The number of carboxylic acid groups (broad SMARTS) is 1. The lowest BCUT2D eigenvalue weighted by atomic mass is 10.0. The highest BCUT2D eigenvalue weighted by atomic mass is 19.4. The predicted molar refractivity (Wildman–Crippen MR) is 105 cm³/mol. The highest BCUT2D eigenvalue weighted by Crippen LogP contribution is 2.24. The van der Waals surface area contributed by atoms with Crippen LogP contribution in [0.25, 0.3) is 0 Å². The average molecular weight is 467 g/mol. The number of carboxylic acids is 1. The third-order valence-corrected chi connectivity index (χ3v) is 4.75.